The van der Waals surface area contributed by atoms with Crippen molar-refractivity contribution in [2.45, 2.75) is 55.2 Å². The van der Waals surface area contributed by atoms with Crippen LogP contribution in [0.5, 0.6) is 0 Å². The number of hydrogen-bond acceptors (Lipinski definition) is 4. The van der Waals surface area contributed by atoms with Crippen molar-refractivity contribution in [3.05, 3.63) is 11.9 Å². The quantitative estimate of drug-likeness (QED) is 0.456. The topological polar surface area (TPSA) is 80.6 Å². The van der Waals surface area contributed by atoms with Crippen LogP contribution < -0.4 is 5.11 Å². The predicted octanol–water partition coefficient (Wildman–Crippen LogP) is 3.33. The summed E-state index contributed by atoms with van der Waals surface area (Å²) in [6, 6.07) is 0. The summed E-state index contributed by atoms with van der Waals surface area (Å²) in [6.45, 7) is 0. The molecular weight excluding hydrogens is 491 g/mol. The summed E-state index contributed by atoms with van der Waals surface area (Å²) in [7, 11) is 0. The largest absolute Gasteiger partial charge is 0.542 e. The number of carbonyl (C=O) groups is 1. The Hall–Kier alpha value is -1.78. The minimum Gasteiger partial charge on any atom is -0.542 e. The van der Waals surface area contributed by atoms with Crippen LogP contribution in [0.3, 0.4) is 0 Å². The molecule has 0 saturated heterocycles. The second-order valence-electron chi connectivity index (χ2n) is 7.19. The average Bonchev–Trinajstić information content (AvgIpc) is 2.55. The monoisotopic (exact) mass is 503 g/mol. The van der Waals surface area contributed by atoms with Crippen LogP contribution in [0.15, 0.2) is 11.9 Å². The van der Waals surface area contributed by atoms with Crippen molar-refractivity contribution < 1.29 is 77.2 Å². The Morgan fingerprint density at radius 1 is 0.688 bits per heavy atom. The van der Waals surface area contributed by atoms with Gasteiger partial charge in [0.1, 0.15) is 5.83 Å². The maximum Gasteiger partial charge on any atom is 0.426 e. The fourth-order valence-electron chi connectivity index (χ4n) is 3.70. The maximum absolute atomic E-state index is 13.3. The van der Waals surface area contributed by atoms with Gasteiger partial charge >= 0.3 is 24.7 Å². The van der Waals surface area contributed by atoms with Gasteiger partial charge in [0, 0.05) is 11.8 Å². The van der Waals surface area contributed by atoms with Crippen LogP contribution in [0.2, 0.25) is 0 Å². The van der Waals surface area contributed by atoms with Gasteiger partial charge in [0.2, 0.25) is 0 Å². The summed E-state index contributed by atoms with van der Waals surface area (Å²) in [6.07, 6.45) is -32.8. The van der Waals surface area contributed by atoms with Crippen LogP contribution >= 0.6 is 0 Å². The lowest BCUT2D eigenvalue weighted by Crippen LogP contribution is -2.66. The molecule has 32 heavy (non-hydrogen) atoms. The predicted molar refractivity (Wildman–Crippen MR) is 72.6 cm³/mol. The van der Waals surface area contributed by atoms with E-state index in [1.54, 1.807) is 0 Å². The van der Waals surface area contributed by atoms with Gasteiger partial charge in [-0.05, 0) is 31.3 Å². The van der Waals surface area contributed by atoms with Crippen LogP contribution in [-0.4, -0.2) is 52.1 Å². The molecule has 4 nitrogen and oxygen atoms in total. The summed E-state index contributed by atoms with van der Waals surface area (Å²) in [5.74, 6) is -14.6. The molecule has 188 valence electrons. The Bertz CT molecular complexity index is 658. The number of halogens is 13. The highest BCUT2D eigenvalue weighted by atomic mass is 19.4. The Morgan fingerprint density at radius 3 is 1.19 bits per heavy atom. The van der Waals surface area contributed by atoms with E-state index >= 15 is 0 Å². The summed E-state index contributed by atoms with van der Waals surface area (Å²) in [5, 5.41) is 29.2. The Balaban J connectivity index is 3.75. The lowest BCUT2D eigenvalue weighted by atomic mass is 9.63. The molecule has 17 heteroatoms. The van der Waals surface area contributed by atoms with E-state index in [1.165, 1.54) is 0 Å². The van der Waals surface area contributed by atoms with Crippen molar-refractivity contribution >= 4 is 5.97 Å². The molecule has 2 unspecified atom stereocenters. The first-order chi connectivity index (χ1) is 13.9. The van der Waals surface area contributed by atoms with Crippen LogP contribution in [0.1, 0.15) is 19.3 Å². The van der Waals surface area contributed by atoms with Crippen molar-refractivity contribution in [2.24, 2.45) is 17.8 Å². The zero-order valence-corrected chi connectivity index (χ0v) is 15.1. The van der Waals surface area contributed by atoms with Gasteiger partial charge in [-0.2, -0.15) is 52.7 Å². The number of allylic oxidation sites excluding steroid dienone is 1. The van der Waals surface area contributed by atoms with E-state index in [2.05, 4.69) is 0 Å². The zero-order chi connectivity index (χ0) is 25.7. The molecule has 0 aliphatic heterocycles. The zero-order valence-electron chi connectivity index (χ0n) is 15.1. The number of carbonyl (C=O) groups excluding carboxylic acids is 1. The second kappa shape index (κ2) is 8.22. The standard InChI is InChI=1S/C15H13F13O4/c16-8(9(29)30)3-5-1-6(10(31,12(17,18)19)13(20,21)22)4-7(2-5)11(32,14(23,24)25)15(26,27)28/h3,5-7,31-32H,1-2,4H2,(H,29,30)/p-1. The van der Waals surface area contributed by atoms with Crippen molar-refractivity contribution in [1.82, 2.24) is 0 Å². The molecule has 0 amide bonds. The molecule has 1 fully saturated rings. The molecule has 1 saturated carbocycles. The number of rotatable bonds is 4. The molecule has 1 rings (SSSR count). The van der Waals surface area contributed by atoms with Gasteiger partial charge in [0.05, 0.1) is 5.97 Å². The van der Waals surface area contributed by atoms with Crippen molar-refractivity contribution in [3.63, 3.8) is 0 Å². The van der Waals surface area contributed by atoms with Gasteiger partial charge in [-0.15, -0.1) is 0 Å². The first kappa shape index (κ1) is 28.3. The molecule has 0 aromatic heterocycles. The summed E-state index contributed by atoms with van der Waals surface area (Å²) in [4.78, 5) is 10.4. The molecule has 0 bridgehead atoms. The lowest BCUT2D eigenvalue weighted by Gasteiger charge is -2.48. The van der Waals surface area contributed by atoms with E-state index in [0.717, 1.165) is 0 Å². The summed E-state index contributed by atoms with van der Waals surface area (Å²) < 4.78 is 171. The number of carboxylic acids is 1. The molecule has 2 atom stereocenters. The fraction of sp³-hybridized carbons (Fsp3) is 0.800. The van der Waals surface area contributed by atoms with E-state index in [0.29, 0.717) is 0 Å². The number of carboxylic acid groups (broad SMARTS) is 1. The molecule has 1 aliphatic rings. The van der Waals surface area contributed by atoms with Gasteiger partial charge in [-0.1, -0.05) is 0 Å². The molecule has 0 spiro atoms. The van der Waals surface area contributed by atoms with Crippen molar-refractivity contribution in [1.29, 1.82) is 0 Å². The first-order valence-electron chi connectivity index (χ1n) is 8.21. The molecule has 0 radical (unpaired) electrons. The van der Waals surface area contributed by atoms with E-state index in [1.807, 2.05) is 0 Å². The number of alkyl halides is 12. The normalized spacial score (nSPS) is 25.1. The van der Waals surface area contributed by atoms with Gasteiger partial charge in [-0.3, -0.25) is 0 Å². The molecule has 2 N–H and O–H groups in total. The van der Waals surface area contributed by atoms with Crippen LogP contribution in [0.4, 0.5) is 57.1 Å². The van der Waals surface area contributed by atoms with Gasteiger partial charge in [-0.25, -0.2) is 4.39 Å². The fourth-order valence-corrected chi connectivity index (χ4v) is 3.70. The molecule has 0 aromatic rings. The van der Waals surface area contributed by atoms with E-state index in [9.17, 15) is 77.2 Å². The SMILES string of the molecule is O=C([O-])C(F)=CC1CC(C(O)(C(F)(F)F)C(F)(F)F)CC(C(O)(C(F)(F)F)C(F)(F)F)C1. The number of aliphatic carboxylic acids is 1. The van der Waals surface area contributed by atoms with Gasteiger partial charge in [0.15, 0.2) is 0 Å². The second-order valence-corrected chi connectivity index (χ2v) is 7.19. The average molecular weight is 503 g/mol. The molecule has 1 aliphatic carbocycles. The Labute approximate surface area is 169 Å². The van der Waals surface area contributed by atoms with E-state index in [-0.39, 0.29) is 6.08 Å². The third-order valence-electron chi connectivity index (χ3n) is 5.23. The van der Waals surface area contributed by atoms with E-state index < -0.39 is 84.7 Å². The Morgan fingerprint density at radius 2 is 0.969 bits per heavy atom. The lowest BCUT2D eigenvalue weighted by molar-refractivity contribution is -0.404. The number of aliphatic hydroxyl groups is 2. The van der Waals surface area contributed by atoms with E-state index in [4.69, 9.17) is 0 Å². The van der Waals surface area contributed by atoms with Gasteiger partial charge < -0.3 is 20.1 Å². The third-order valence-corrected chi connectivity index (χ3v) is 5.23. The molecular formula is C15H12F13O4-. The van der Waals surface area contributed by atoms with Gasteiger partial charge in [0.25, 0.3) is 11.2 Å². The van der Waals surface area contributed by atoms with Crippen LogP contribution in [0, 0.1) is 17.8 Å². The number of hydrogen-bond donors (Lipinski definition) is 2. The Kier molecular flexibility index (Phi) is 7.25. The van der Waals surface area contributed by atoms with Crippen LogP contribution in [-0.2, 0) is 4.79 Å². The van der Waals surface area contributed by atoms with Crippen LogP contribution in [0.25, 0.3) is 0 Å². The summed E-state index contributed by atoms with van der Waals surface area (Å²) in [5.41, 5.74) is -11.7. The molecule has 0 heterocycles. The third kappa shape index (κ3) is 4.77. The highest BCUT2D eigenvalue weighted by Crippen LogP contribution is 2.58. The molecule has 0 aromatic carbocycles. The highest BCUT2D eigenvalue weighted by Gasteiger charge is 2.78. The smallest absolute Gasteiger partial charge is 0.426 e. The minimum absolute atomic E-state index is 0.338. The van der Waals surface area contributed by atoms with Crippen molar-refractivity contribution in [2.75, 3.05) is 0 Å². The maximum atomic E-state index is 13.3. The van der Waals surface area contributed by atoms with Crippen molar-refractivity contribution in [3.8, 4) is 0 Å². The highest BCUT2D eigenvalue weighted by molar-refractivity contribution is 5.81. The summed E-state index contributed by atoms with van der Waals surface area (Å²) >= 11 is 0. The minimum atomic E-state index is -6.67. The first-order valence-corrected chi connectivity index (χ1v) is 8.21.